The van der Waals surface area contributed by atoms with Crippen LogP contribution in [0.2, 0.25) is 0 Å². The SMILES string of the molecule is NC1(C(=O)NCC(O)C(F)F)CCOC1. The second kappa shape index (κ2) is 4.82. The summed E-state index contributed by atoms with van der Waals surface area (Å²) in [6.07, 6.45) is -4.39. The summed E-state index contributed by atoms with van der Waals surface area (Å²) in [4.78, 5) is 11.4. The Balaban J connectivity index is 2.35. The van der Waals surface area contributed by atoms with E-state index in [0.717, 1.165) is 0 Å². The molecule has 7 heteroatoms. The Labute approximate surface area is 85.6 Å². The highest BCUT2D eigenvalue weighted by molar-refractivity contribution is 5.86. The van der Waals surface area contributed by atoms with Crippen LogP contribution in [0.25, 0.3) is 0 Å². The molecular formula is C8H14F2N2O3. The summed E-state index contributed by atoms with van der Waals surface area (Å²) in [7, 11) is 0. The van der Waals surface area contributed by atoms with Gasteiger partial charge in [-0.1, -0.05) is 0 Å². The standard InChI is InChI=1S/C8H14F2N2O3/c9-6(10)5(13)3-12-7(14)8(11)1-2-15-4-8/h5-6,13H,1-4,11H2,(H,12,14). The summed E-state index contributed by atoms with van der Waals surface area (Å²) in [5, 5.41) is 10.9. The van der Waals surface area contributed by atoms with E-state index in [9.17, 15) is 13.6 Å². The van der Waals surface area contributed by atoms with E-state index < -0.39 is 30.5 Å². The Hall–Kier alpha value is -0.790. The monoisotopic (exact) mass is 224 g/mol. The van der Waals surface area contributed by atoms with Gasteiger partial charge >= 0.3 is 0 Å². The van der Waals surface area contributed by atoms with Gasteiger partial charge in [-0.3, -0.25) is 4.79 Å². The van der Waals surface area contributed by atoms with E-state index in [1.165, 1.54) is 0 Å². The van der Waals surface area contributed by atoms with Crippen LogP contribution in [-0.4, -0.2) is 48.8 Å². The van der Waals surface area contributed by atoms with Crippen molar-refractivity contribution in [3.8, 4) is 0 Å². The van der Waals surface area contributed by atoms with Crippen LogP contribution >= 0.6 is 0 Å². The van der Waals surface area contributed by atoms with Gasteiger partial charge in [0.15, 0.2) is 0 Å². The first kappa shape index (κ1) is 12.3. The lowest BCUT2D eigenvalue weighted by molar-refractivity contribution is -0.127. The topological polar surface area (TPSA) is 84.6 Å². The normalized spacial score (nSPS) is 28.1. The van der Waals surface area contributed by atoms with Gasteiger partial charge in [-0.15, -0.1) is 0 Å². The van der Waals surface area contributed by atoms with E-state index in [-0.39, 0.29) is 6.61 Å². The van der Waals surface area contributed by atoms with Crippen LogP contribution in [0, 0.1) is 0 Å². The van der Waals surface area contributed by atoms with Crippen LogP contribution in [-0.2, 0) is 9.53 Å². The molecular weight excluding hydrogens is 210 g/mol. The third-order valence-electron chi connectivity index (χ3n) is 2.27. The van der Waals surface area contributed by atoms with Gasteiger partial charge in [0.1, 0.15) is 11.6 Å². The Morgan fingerprint density at radius 1 is 1.67 bits per heavy atom. The molecule has 0 aromatic carbocycles. The predicted octanol–water partition coefficient (Wildman–Crippen LogP) is -1.15. The Kier molecular flexibility index (Phi) is 3.95. The van der Waals surface area contributed by atoms with Crippen LogP contribution in [0.5, 0.6) is 0 Å². The van der Waals surface area contributed by atoms with Crippen molar-refractivity contribution in [2.45, 2.75) is 24.5 Å². The number of carbonyl (C=O) groups is 1. The minimum Gasteiger partial charge on any atom is -0.385 e. The number of carbonyl (C=O) groups excluding carboxylic acids is 1. The Morgan fingerprint density at radius 3 is 2.80 bits per heavy atom. The van der Waals surface area contributed by atoms with Crippen LogP contribution in [0.15, 0.2) is 0 Å². The van der Waals surface area contributed by atoms with Crippen molar-refractivity contribution in [3.05, 3.63) is 0 Å². The Morgan fingerprint density at radius 2 is 2.33 bits per heavy atom. The number of nitrogens with one attached hydrogen (secondary N) is 1. The molecule has 4 N–H and O–H groups in total. The number of amides is 1. The molecule has 2 atom stereocenters. The van der Waals surface area contributed by atoms with E-state index in [0.29, 0.717) is 13.0 Å². The van der Waals surface area contributed by atoms with E-state index in [2.05, 4.69) is 5.32 Å². The molecule has 1 aliphatic rings. The van der Waals surface area contributed by atoms with Crippen LogP contribution in [0.4, 0.5) is 8.78 Å². The lowest BCUT2D eigenvalue weighted by Crippen LogP contribution is -2.56. The van der Waals surface area contributed by atoms with E-state index in [4.69, 9.17) is 15.6 Å². The summed E-state index contributed by atoms with van der Waals surface area (Å²) >= 11 is 0. The van der Waals surface area contributed by atoms with Gasteiger partial charge in [0, 0.05) is 13.2 Å². The number of hydrogen-bond acceptors (Lipinski definition) is 4. The van der Waals surface area contributed by atoms with Gasteiger partial charge in [0.05, 0.1) is 6.61 Å². The molecule has 0 aromatic heterocycles. The molecule has 0 bridgehead atoms. The first-order chi connectivity index (χ1) is 6.96. The lowest BCUT2D eigenvalue weighted by Gasteiger charge is -2.21. The van der Waals surface area contributed by atoms with Crippen LogP contribution < -0.4 is 11.1 Å². The second-order valence-corrected chi connectivity index (χ2v) is 3.57. The van der Waals surface area contributed by atoms with Gasteiger partial charge in [0.25, 0.3) is 6.43 Å². The average Bonchev–Trinajstić information content (AvgIpc) is 2.62. The smallest absolute Gasteiger partial charge is 0.265 e. The molecule has 0 radical (unpaired) electrons. The molecule has 0 aliphatic carbocycles. The van der Waals surface area contributed by atoms with E-state index in [1.54, 1.807) is 0 Å². The van der Waals surface area contributed by atoms with Crippen LogP contribution in [0.3, 0.4) is 0 Å². The van der Waals surface area contributed by atoms with Gasteiger partial charge in [-0.05, 0) is 6.42 Å². The van der Waals surface area contributed by atoms with Crippen molar-refractivity contribution in [2.75, 3.05) is 19.8 Å². The molecule has 1 amide bonds. The minimum absolute atomic E-state index is 0.0730. The van der Waals surface area contributed by atoms with Crippen molar-refractivity contribution in [2.24, 2.45) is 5.73 Å². The van der Waals surface area contributed by atoms with Crippen molar-refractivity contribution in [1.29, 1.82) is 0 Å². The number of halogens is 2. The third kappa shape index (κ3) is 3.08. The summed E-state index contributed by atoms with van der Waals surface area (Å²) in [6.45, 7) is -0.0552. The summed E-state index contributed by atoms with van der Waals surface area (Å²) in [5.41, 5.74) is 4.51. The van der Waals surface area contributed by atoms with Crippen molar-refractivity contribution in [3.63, 3.8) is 0 Å². The fourth-order valence-corrected chi connectivity index (χ4v) is 1.22. The maximum atomic E-state index is 11.9. The zero-order chi connectivity index (χ0) is 11.5. The molecule has 1 aliphatic heterocycles. The highest BCUT2D eigenvalue weighted by atomic mass is 19.3. The molecule has 15 heavy (non-hydrogen) atoms. The molecule has 5 nitrogen and oxygen atoms in total. The first-order valence-corrected chi connectivity index (χ1v) is 4.57. The van der Waals surface area contributed by atoms with Gasteiger partial charge < -0.3 is 20.9 Å². The zero-order valence-electron chi connectivity index (χ0n) is 8.08. The molecule has 2 unspecified atom stereocenters. The van der Waals surface area contributed by atoms with Gasteiger partial charge in [0.2, 0.25) is 5.91 Å². The van der Waals surface area contributed by atoms with Crippen molar-refractivity contribution < 1.29 is 23.4 Å². The van der Waals surface area contributed by atoms with Crippen LogP contribution in [0.1, 0.15) is 6.42 Å². The number of hydrogen-bond donors (Lipinski definition) is 3. The predicted molar refractivity (Wildman–Crippen MR) is 47.4 cm³/mol. The molecule has 1 heterocycles. The maximum Gasteiger partial charge on any atom is 0.265 e. The molecule has 0 saturated carbocycles. The number of nitrogens with two attached hydrogens (primary N) is 1. The quantitative estimate of drug-likeness (QED) is 0.562. The molecule has 88 valence electrons. The molecule has 1 fully saturated rings. The minimum atomic E-state index is -2.88. The summed E-state index contributed by atoms with van der Waals surface area (Å²) in [5.74, 6) is -0.570. The Bertz CT molecular complexity index is 232. The molecule has 0 aromatic rings. The zero-order valence-corrected chi connectivity index (χ0v) is 8.08. The largest absolute Gasteiger partial charge is 0.385 e. The average molecular weight is 224 g/mol. The van der Waals surface area contributed by atoms with Gasteiger partial charge in [-0.2, -0.15) is 0 Å². The maximum absolute atomic E-state index is 11.9. The summed E-state index contributed by atoms with van der Waals surface area (Å²) in [6, 6.07) is 0. The second-order valence-electron chi connectivity index (χ2n) is 3.57. The third-order valence-corrected chi connectivity index (χ3v) is 2.27. The number of rotatable bonds is 4. The molecule has 1 saturated heterocycles. The number of aliphatic hydroxyl groups excluding tert-OH is 1. The van der Waals surface area contributed by atoms with Crippen molar-refractivity contribution in [1.82, 2.24) is 5.32 Å². The van der Waals surface area contributed by atoms with Gasteiger partial charge in [-0.25, -0.2) is 8.78 Å². The number of aliphatic hydroxyl groups is 1. The fraction of sp³-hybridized carbons (Fsp3) is 0.875. The fourth-order valence-electron chi connectivity index (χ4n) is 1.22. The lowest BCUT2D eigenvalue weighted by atomic mass is 9.99. The highest BCUT2D eigenvalue weighted by Crippen LogP contribution is 2.15. The summed E-state index contributed by atoms with van der Waals surface area (Å²) < 4.78 is 28.7. The molecule has 0 spiro atoms. The van der Waals surface area contributed by atoms with E-state index >= 15 is 0 Å². The number of ether oxygens (including phenoxy) is 1. The first-order valence-electron chi connectivity index (χ1n) is 4.57. The van der Waals surface area contributed by atoms with E-state index in [1.807, 2.05) is 0 Å². The van der Waals surface area contributed by atoms with Crippen molar-refractivity contribution >= 4 is 5.91 Å². The highest BCUT2D eigenvalue weighted by Gasteiger charge is 2.38. The number of alkyl halides is 2. The molecule has 1 rings (SSSR count).